The molecule has 3 heterocycles. The highest BCUT2D eigenvalue weighted by Crippen LogP contribution is 2.43. The molecule has 0 unspecified atom stereocenters. The second kappa shape index (κ2) is 5.60. The third kappa shape index (κ3) is 2.83. The van der Waals surface area contributed by atoms with Gasteiger partial charge in [0, 0.05) is 31.3 Å². The Morgan fingerprint density at radius 1 is 1.30 bits per heavy atom. The predicted molar refractivity (Wildman–Crippen MR) is 86.2 cm³/mol. The van der Waals surface area contributed by atoms with E-state index in [4.69, 9.17) is 9.51 Å². The smallest absolute Gasteiger partial charge is 0.225 e. The first-order chi connectivity index (χ1) is 11.1. The van der Waals surface area contributed by atoms with Crippen LogP contribution in [0.5, 0.6) is 0 Å². The van der Waals surface area contributed by atoms with Crippen molar-refractivity contribution in [1.29, 1.82) is 0 Å². The summed E-state index contributed by atoms with van der Waals surface area (Å²) in [5.41, 5.74) is 2.90. The molecule has 4 rings (SSSR count). The van der Waals surface area contributed by atoms with Crippen molar-refractivity contribution in [3.8, 4) is 11.3 Å². The molecule has 6 heteroatoms. The van der Waals surface area contributed by atoms with Crippen molar-refractivity contribution in [3.63, 3.8) is 0 Å². The molecular formula is C17H22N4O2. The lowest BCUT2D eigenvalue weighted by Gasteiger charge is -2.34. The summed E-state index contributed by atoms with van der Waals surface area (Å²) >= 11 is 0. The average molecular weight is 314 g/mol. The number of aryl methyl sites for hydroxylation is 1. The van der Waals surface area contributed by atoms with Gasteiger partial charge in [0.1, 0.15) is 0 Å². The predicted octanol–water partition coefficient (Wildman–Crippen LogP) is 2.52. The van der Waals surface area contributed by atoms with Crippen LogP contribution in [0.3, 0.4) is 0 Å². The first kappa shape index (κ1) is 14.6. The zero-order chi connectivity index (χ0) is 16.0. The summed E-state index contributed by atoms with van der Waals surface area (Å²) in [6.45, 7) is 5.59. The van der Waals surface area contributed by atoms with Gasteiger partial charge in [-0.15, -0.1) is 0 Å². The standard InChI is InChI=1S/C17H22N4O2/c1-10-9-21(6-5-14(10)22)17-18-8-13(15-7-11(2)20-23-15)16(19-17)12-3-4-12/h7-8,10,12,14,22H,3-6,9H2,1-2H3/t10-,14+/m0/s1. The highest BCUT2D eigenvalue weighted by Gasteiger charge is 2.32. The van der Waals surface area contributed by atoms with Gasteiger partial charge in [-0.3, -0.25) is 0 Å². The Morgan fingerprint density at radius 3 is 2.78 bits per heavy atom. The minimum absolute atomic E-state index is 0.217. The molecule has 2 aromatic heterocycles. The molecule has 2 fully saturated rings. The molecule has 0 amide bonds. The summed E-state index contributed by atoms with van der Waals surface area (Å²) in [5.74, 6) is 2.27. The normalized spacial score (nSPS) is 24.9. The summed E-state index contributed by atoms with van der Waals surface area (Å²) in [6.07, 6.45) is 4.76. The first-order valence-electron chi connectivity index (χ1n) is 8.35. The summed E-state index contributed by atoms with van der Waals surface area (Å²) in [7, 11) is 0. The number of rotatable bonds is 3. The molecule has 1 saturated heterocycles. The Balaban J connectivity index is 1.66. The maximum absolute atomic E-state index is 9.90. The van der Waals surface area contributed by atoms with E-state index in [0.29, 0.717) is 5.92 Å². The van der Waals surface area contributed by atoms with E-state index >= 15 is 0 Å². The highest BCUT2D eigenvalue weighted by atomic mass is 16.5. The summed E-state index contributed by atoms with van der Waals surface area (Å²) in [5, 5.41) is 13.9. The van der Waals surface area contributed by atoms with Crippen LogP contribution in [0.15, 0.2) is 16.8 Å². The van der Waals surface area contributed by atoms with Crippen LogP contribution in [-0.2, 0) is 0 Å². The van der Waals surface area contributed by atoms with Gasteiger partial charge < -0.3 is 14.5 Å². The van der Waals surface area contributed by atoms with Crippen LogP contribution in [0.1, 0.15) is 43.5 Å². The lowest BCUT2D eigenvalue weighted by molar-refractivity contribution is 0.0966. The van der Waals surface area contributed by atoms with E-state index in [1.807, 2.05) is 19.2 Å². The third-order valence-electron chi connectivity index (χ3n) is 4.81. The van der Waals surface area contributed by atoms with E-state index in [2.05, 4.69) is 22.0 Å². The second-order valence-electron chi connectivity index (χ2n) is 6.86. The maximum atomic E-state index is 9.90. The van der Waals surface area contributed by atoms with Gasteiger partial charge in [0.25, 0.3) is 0 Å². The van der Waals surface area contributed by atoms with Crippen molar-refractivity contribution in [1.82, 2.24) is 15.1 Å². The van der Waals surface area contributed by atoms with Crippen LogP contribution in [0.4, 0.5) is 5.95 Å². The van der Waals surface area contributed by atoms with E-state index in [1.54, 1.807) is 0 Å². The Morgan fingerprint density at radius 2 is 2.13 bits per heavy atom. The fourth-order valence-electron chi connectivity index (χ4n) is 3.20. The van der Waals surface area contributed by atoms with Crippen molar-refractivity contribution < 1.29 is 9.63 Å². The SMILES string of the molecule is Cc1cc(-c2cnc(N3CC[C@@H](O)[C@@H](C)C3)nc2C2CC2)on1. The Kier molecular flexibility index (Phi) is 3.56. The molecule has 2 atom stereocenters. The summed E-state index contributed by atoms with van der Waals surface area (Å²) in [6, 6.07) is 1.93. The number of aliphatic hydroxyl groups excluding tert-OH is 1. The molecule has 0 radical (unpaired) electrons. The highest BCUT2D eigenvalue weighted by molar-refractivity contribution is 5.62. The van der Waals surface area contributed by atoms with E-state index in [-0.39, 0.29) is 12.0 Å². The zero-order valence-corrected chi connectivity index (χ0v) is 13.6. The number of nitrogens with zero attached hydrogens (tertiary/aromatic N) is 4. The van der Waals surface area contributed by atoms with E-state index in [9.17, 15) is 5.11 Å². The molecule has 0 bridgehead atoms. The Hall–Kier alpha value is -1.95. The quantitative estimate of drug-likeness (QED) is 0.938. The fraction of sp³-hybridized carbons (Fsp3) is 0.588. The van der Waals surface area contributed by atoms with Crippen LogP contribution < -0.4 is 4.90 Å². The van der Waals surface area contributed by atoms with Crippen LogP contribution in [0.2, 0.25) is 0 Å². The van der Waals surface area contributed by atoms with Gasteiger partial charge in [0.15, 0.2) is 5.76 Å². The van der Waals surface area contributed by atoms with Crippen LogP contribution in [-0.4, -0.2) is 39.4 Å². The second-order valence-corrected chi connectivity index (χ2v) is 6.86. The number of aliphatic hydroxyl groups is 1. The van der Waals surface area contributed by atoms with Crippen molar-refractivity contribution in [2.45, 2.75) is 45.1 Å². The van der Waals surface area contributed by atoms with Gasteiger partial charge in [-0.1, -0.05) is 12.1 Å². The monoisotopic (exact) mass is 314 g/mol. The van der Waals surface area contributed by atoms with Crippen LogP contribution in [0.25, 0.3) is 11.3 Å². The third-order valence-corrected chi connectivity index (χ3v) is 4.81. The van der Waals surface area contributed by atoms with Crippen molar-refractivity contribution in [2.24, 2.45) is 5.92 Å². The average Bonchev–Trinajstić information content (AvgIpc) is 3.31. The largest absolute Gasteiger partial charge is 0.393 e. The van der Waals surface area contributed by atoms with Crippen molar-refractivity contribution in [2.75, 3.05) is 18.0 Å². The molecule has 6 nitrogen and oxygen atoms in total. The molecule has 1 aliphatic heterocycles. The van der Waals surface area contributed by atoms with Gasteiger partial charge in [-0.25, -0.2) is 9.97 Å². The van der Waals surface area contributed by atoms with Crippen LogP contribution in [0, 0.1) is 12.8 Å². The van der Waals surface area contributed by atoms with E-state index in [1.165, 1.54) is 12.8 Å². The number of aromatic nitrogens is 3. The molecule has 0 spiro atoms. The fourth-order valence-corrected chi connectivity index (χ4v) is 3.20. The minimum atomic E-state index is -0.217. The van der Waals surface area contributed by atoms with Gasteiger partial charge >= 0.3 is 0 Å². The van der Waals surface area contributed by atoms with Crippen LogP contribution >= 0.6 is 0 Å². The number of hydrogen-bond acceptors (Lipinski definition) is 6. The Labute approximate surface area is 135 Å². The number of anilines is 1. The minimum Gasteiger partial charge on any atom is -0.393 e. The molecule has 1 N–H and O–H groups in total. The lowest BCUT2D eigenvalue weighted by atomic mass is 9.97. The molecule has 2 aromatic rings. The number of hydrogen-bond donors (Lipinski definition) is 1. The molecule has 1 saturated carbocycles. The van der Waals surface area contributed by atoms with Crippen molar-refractivity contribution >= 4 is 5.95 Å². The molecule has 1 aliphatic carbocycles. The lowest BCUT2D eigenvalue weighted by Crippen LogP contribution is -2.42. The van der Waals surface area contributed by atoms with Gasteiger partial charge in [-0.05, 0) is 32.1 Å². The summed E-state index contributed by atoms with van der Waals surface area (Å²) in [4.78, 5) is 11.6. The van der Waals surface area contributed by atoms with Gasteiger partial charge in [0.05, 0.1) is 23.1 Å². The summed E-state index contributed by atoms with van der Waals surface area (Å²) < 4.78 is 5.41. The Bertz CT molecular complexity index is 710. The molecule has 122 valence electrons. The molecule has 0 aromatic carbocycles. The zero-order valence-electron chi connectivity index (χ0n) is 13.6. The van der Waals surface area contributed by atoms with E-state index < -0.39 is 0 Å². The van der Waals surface area contributed by atoms with Gasteiger partial charge in [0.2, 0.25) is 5.95 Å². The first-order valence-corrected chi connectivity index (χ1v) is 8.35. The molecule has 2 aliphatic rings. The van der Waals surface area contributed by atoms with Crippen molar-refractivity contribution in [3.05, 3.63) is 23.7 Å². The number of piperidine rings is 1. The van der Waals surface area contributed by atoms with E-state index in [0.717, 1.165) is 48.2 Å². The molecular weight excluding hydrogens is 292 g/mol. The topological polar surface area (TPSA) is 75.3 Å². The molecule has 23 heavy (non-hydrogen) atoms. The maximum Gasteiger partial charge on any atom is 0.225 e. The van der Waals surface area contributed by atoms with Gasteiger partial charge in [-0.2, -0.15) is 0 Å².